The van der Waals surface area contributed by atoms with E-state index in [1.54, 1.807) is 62.4 Å². The number of benzene rings is 4. The summed E-state index contributed by atoms with van der Waals surface area (Å²) in [6.07, 6.45) is 0. The van der Waals surface area contributed by atoms with Gasteiger partial charge in [0.1, 0.15) is 23.0 Å². The molecule has 0 atom stereocenters. The Morgan fingerprint density at radius 1 is 0.396 bits per heavy atom. The van der Waals surface area contributed by atoms with Gasteiger partial charge in [-0.05, 0) is 86.3 Å². The summed E-state index contributed by atoms with van der Waals surface area (Å²) in [6, 6.07) is 24.2. The third kappa shape index (κ3) is 8.50. The Labute approximate surface area is 279 Å². The van der Waals surface area contributed by atoms with Crippen molar-refractivity contribution < 1.29 is 38.1 Å². The summed E-state index contributed by atoms with van der Waals surface area (Å²) in [5.41, 5.74) is 4.82. The van der Waals surface area contributed by atoms with Crippen LogP contribution in [0.4, 0.5) is 0 Å². The van der Waals surface area contributed by atoms with Crippen LogP contribution in [0, 0.1) is 0 Å². The summed E-state index contributed by atoms with van der Waals surface area (Å²) < 4.78 is 22.1. The largest absolute Gasteiger partial charge is 0.423 e. The van der Waals surface area contributed by atoms with Crippen LogP contribution >= 0.6 is 0 Å². The Morgan fingerprint density at radius 2 is 0.646 bits per heavy atom. The molecule has 0 bridgehead atoms. The molecule has 0 spiro atoms. The standard InChI is InChI=1S/C40H34O8/c1-23(2)37(41)45-31-17-13-28(14-18-31)27-9-11-29(12-10-27)33-21-36(48-40(44)26(7)8)34(22-35(33)47-39(43)25(5)6)30-15-19-32(20-16-30)46-38(42)24(3)4/h9-22H,1,3,5,7H2,2,4,6,8H3. The van der Waals surface area contributed by atoms with Gasteiger partial charge in [0.05, 0.1) is 0 Å². The van der Waals surface area contributed by atoms with E-state index in [2.05, 4.69) is 26.3 Å². The zero-order valence-corrected chi connectivity index (χ0v) is 27.2. The van der Waals surface area contributed by atoms with Crippen LogP contribution in [-0.2, 0) is 19.2 Å². The molecule has 0 aromatic heterocycles. The lowest BCUT2D eigenvalue weighted by Gasteiger charge is -2.17. The fourth-order valence-corrected chi connectivity index (χ4v) is 4.20. The van der Waals surface area contributed by atoms with Gasteiger partial charge in [-0.25, -0.2) is 19.2 Å². The molecule has 0 N–H and O–H groups in total. The van der Waals surface area contributed by atoms with Crippen molar-refractivity contribution in [3.8, 4) is 56.4 Å². The summed E-state index contributed by atoms with van der Waals surface area (Å²) in [4.78, 5) is 49.3. The zero-order valence-electron chi connectivity index (χ0n) is 27.2. The van der Waals surface area contributed by atoms with E-state index in [1.165, 1.54) is 13.8 Å². The molecule has 48 heavy (non-hydrogen) atoms. The van der Waals surface area contributed by atoms with Gasteiger partial charge in [-0.1, -0.05) is 74.8 Å². The lowest BCUT2D eigenvalue weighted by atomic mass is 9.96. The quantitative estimate of drug-likeness (QED) is 0.0910. The maximum atomic E-state index is 12.8. The molecule has 0 amide bonds. The monoisotopic (exact) mass is 642 g/mol. The second-order valence-electron chi connectivity index (χ2n) is 11.2. The number of carbonyl (C=O) groups excluding carboxylic acids is 4. The Balaban J connectivity index is 1.78. The van der Waals surface area contributed by atoms with Crippen molar-refractivity contribution in [2.24, 2.45) is 0 Å². The van der Waals surface area contributed by atoms with Crippen LogP contribution in [0.5, 0.6) is 23.0 Å². The Hall–Kier alpha value is -6.28. The Morgan fingerprint density at radius 3 is 0.958 bits per heavy atom. The number of rotatable bonds is 11. The normalized spacial score (nSPS) is 10.3. The molecule has 0 aliphatic rings. The first-order chi connectivity index (χ1) is 22.7. The van der Waals surface area contributed by atoms with Crippen LogP contribution in [0.25, 0.3) is 33.4 Å². The SMILES string of the molecule is C=C(C)C(=O)Oc1ccc(-c2ccc(-c3cc(OC(=O)C(=C)C)c(-c4ccc(OC(=O)C(=C)C)cc4)cc3OC(=O)C(=C)C)cc2)cc1. The third-order valence-electron chi connectivity index (χ3n) is 6.85. The fraction of sp³-hybridized carbons (Fsp3) is 0.100. The Kier molecular flexibility index (Phi) is 10.7. The van der Waals surface area contributed by atoms with Crippen LogP contribution in [0.3, 0.4) is 0 Å². The third-order valence-corrected chi connectivity index (χ3v) is 6.85. The van der Waals surface area contributed by atoms with Crippen molar-refractivity contribution >= 4 is 23.9 Å². The zero-order chi connectivity index (χ0) is 35.1. The molecule has 0 aliphatic carbocycles. The number of hydrogen-bond acceptors (Lipinski definition) is 8. The molecule has 0 radical (unpaired) electrons. The predicted octanol–water partition coefficient (Wildman–Crippen LogP) is 8.61. The summed E-state index contributed by atoms with van der Waals surface area (Å²) in [5, 5.41) is 0. The summed E-state index contributed by atoms with van der Waals surface area (Å²) >= 11 is 0. The first kappa shape index (κ1) is 34.6. The molecule has 0 unspecified atom stereocenters. The number of ether oxygens (including phenoxy) is 4. The smallest absolute Gasteiger partial charge is 0.338 e. The highest BCUT2D eigenvalue weighted by atomic mass is 16.5. The van der Waals surface area contributed by atoms with E-state index in [0.29, 0.717) is 39.3 Å². The topological polar surface area (TPSA) is 105 Å². The molecule has 8 nitrogen and oxygen atoms in total. The first-order valence-corrected chi connectivity index (χ1v) is 14.7. The van der Waals surface area contributed by atoms with Gasteiger partial charge < -0.3 is 18.9 Å². The summed E-state index contributed by atoms with van der Waals surface area (Å²) in [7, 11) is 0. The van der Waals surface area contributed by atoms with Gasteiger partial charge in [-0.3, -0.25) is 0 Å². The van der Waals surface area contributed by atoms with Crippen LogP contribution in [0.1, 0.15) is 27.7 Å². The van der Waals surface area contributed by atoms with Gasteiger partial charge in [-0.2, -0.15) is 0 Å². The number of carbonyl (C=O) groups is 4. The molecule has 0 saturated carbocycles. The van der Waals surface area contributed by atoms with E-state index < -0.39 is 23.9 Å². The molecule has 0 fully saturated rings. The van der Waals surface area contributed by atoms with Gasteiger partial charge in [-0.15, -0.1) is 0 Å². The predicted molar refractivity (Wildman–Crippen MR) is 185 cm³/mol. The highest BCUT2D eigenvalue weighted by molar-refractivity contribution is 5.94. The van der Waals surface area contributed by atoms with Gasteiger partial charge in [0.25, 0.3) is 0 Å². The maximum Gasteiger partial charge on any atom is 0.338 e. The van der Waals surface area contributed by atoms with Crippen molar-refractivity contribution in [3.05, 3.63) is 134 Å². The second kappa shape index (κ2) is 14.9. The van der Waals surface area contributed by atoms with E-state index in [-0.39, 0.29) is 28.2 Å². The molecule has 8 heteroatoms. The number of esters is 4. The van der Waals surface area contributed by atoms with Crippen LogP contribution in [0.2, 0.25) is 0 Å². The molecule has 4 aromatic carbocycles. The van der Waals surface area contributed by atoms with Gasteiger partial charge in [0.15, 0.2) is 0 Å². The highest BCUT2D eigenvalue weighted by Gasteiger charge is 2.21. The molecule has 0 heterocycles. The summed E-state index contributed by atoms with van der Waals surface area (Å²) in [6.45, 7) is 20.8. The molecular weight excluding hydrogens is 608 g/mol. The molecule has 4 aromatic rings. The van der Waals surface area contributed by atoms with E-state index in [1.807, 2.05) is 36.4 Å². The van der Waals surface area contributed by atoms with Gasteiger partial charge in [0, 0.05) is 33.4 Å². The lowest BCUT2D eigenvalue weighted by Crippen LogP contribution is -2.11. The molecule has 0 aliphatic heterocycles. The highest BCUT2D eigenvalue weighted by Crippen LogP contribution is 2.42. The maximum absolute atomic E-state index is 12.8. The molecule has 0 saturated heterocycles. The Bertz CT molecular complexity index is 1960. The summed E-state index contributed by atoms with van der Waals surface area (Å²) in [5.74, 6) is -1.29. The molecule has 4 rings (SSSR count). The average Bonchev–Trinajstić information content (AvgIpc) is 3.05. The van der Waals surface area contributed by atoms with Crippen molar-refractivity contribution in [1.29, 1.82) is 0 Å². The van der Waals surface area contributed by atoms with Crippen LogP contribution < -0.4 is 18.9 Å². The molecule has 242 valence electrons. The van der Waals surface area contributed by atoms with E-state index in [9.17, 15) is 19.2 Å². The second-order valence-corrected chi connectivity index (χ2v) is 11.2. The first-order valence-electron chi connectivity index (χ1n) is 14.7. The fourth-order valence-electron chi connectivity index (χ4n) is 4.20. The van der Waals surface area contributed by atoms with E-state index in [0.717, 1.165) is 11.1 Å². The van der Waals surface area contributed by atoms with Crippen molar-refractivity contribution in [2.75, 3.05) is 0 Å². The number of hydrogen-bond donors (Lipinski definition) is 0. The van der Waals surface area contributed by atoms with E-state index in [4.69, 9.17) is 18.9 Å². The lowest BCUT2D eigenvalue weighted by molar-refractivity contribution is -0.131. The minimum Gasteiger partial charge on any atom is -0.423 e. The van der Waals surface area contributed by atoms with Gasteiger partial charge in [0.2, 0.25) is 0 Å². The molecular formula is C40H34O8. The van der Waals surface area contributed by atoms with Gasteiger partial charge >= 0.3 is 23.9 Å². The van der Waals surface area contributed by atoms with Crippen molar-refractivity contribution in [3.63, 3.8) is 0 Å². The van der Waals surface area contributed by atoms with Crippen LogP contribution in [-0.4, -0.2) is 23.9 Å². The average molecular weight is 643 g/mol. The van der Waals surface area contributed by atoms with Crippen molar-refractivity contribution in [1.82, 2.24) is 0 Å². The minimum absolute atomic E-state index is 0.184. The minimum atomic E-state index is -0.645. The van der Waals surface area contributed by atoms with Crippen molar-refractivity contribution in [2.45, 2.75) is 27.7 Å². The van der Waals surface area contributed by atoms with E-state index >= 15 is 0 Å². The van der Waals surface area contributed by atoms with Crippen LogP contribution in [0.15, 0.2) is 134 Å².